The van der Waals surface area contributed by atoms with E-state index in [0.29, 0.717) is 6.42 Å². The van der Waals surface area contributed by atoms with Crippen LogP contribution in [-0.2, 0) is 6.42 Å². The molecule has 0 amide bonds. The van der Waals surface area contributed by atoms with E-state index in [2.05, 4.69) is 10.4 Å². The first-order valence-electron chi connectivity index (χ1n) is 4.38. The van der Waals surface area contributed by atoms with Gasteiger partial charge >= 0.3 is 0 Å². The second kappa shape index (κ2) is 3.15. The minimum Gasteiger partial charge on any atom is -0.393 e. The summed E-state index contributed by atoms with van der Waals surface area (Å²) < 4.78 is 0. The van der Waals surface area contributed by atoms with Gasteiger partial charge in [0.25, 0.3) is 0 Å². The van der Waals surface area contributed by atoms with Gasteiger partial charge in [-0.15, -0.1) is 11.3 Å². The Hall–Kier alpha value is -0.410. The van der Waals surface area contributed by atoms with E-state index < -0.39 is 0 Å². The minimum absolute atomic E-state index is 0.265. The van der Waals surface area contributed by atoms with Crippen LogP contribution in [0.5, 0.6) is 0 Å². The molecule has 1 fully saturated rings. The Balaban J connectivity index is 2.03. The Morgan fingerprint density at radius 2 is 2.50 bits per heavy atom. The Morgan fingerprint density at radius 3 is 3.08 bits per heavy atom. The fourth-order valence-corrected chi connectivity index (χ4v) is 2.24. The van der Waals surface area contributed by atoms with E-state index in [1.165, 1.54) is 17.8 Å². The van der Waals surface area contributed by atoms with Gasteiger partial charge in [-0.1, -0.05) is 0 Å². The highest BCUT2D eigenvalue weighted by molar-refractivity contribution is 7.09. The van der Waals surface area contributed by atoms with Crippen molar-refractivity contribution >= 4 is 11.3 Å². The van der Waals surface area contributed by atoms with Crippen molar-refractivity contribution in [1.82, 2.24) is 4.98 Å². The van der Waals surface area contributed by atoms with Gasteiger partial charge in [0.15, 0.2) is 0 Å². The molecule has 0 radical (unpaired) electrons. The third-order valence-corrected chi connectivity index (χ3v) is 3.06. The molecule has 0 bridgehead atoms. The zero-order valence-corrected chi connectivity index (χ0v) is 7.97. The first kappa shape index (κ1) is 8.20. The molecule has 0 saturated heterocycles. The molecule has 12 heavy (non-hydrogen) atoms. The van der Waals surface area contributed by atoms with Gasteiger partial charge in [-0.05, 0) is 19.8 Å². The molecular weight excluding hydrogens is 170 g/mol. The predicted molar refractivity (Wildman–Crippen MR) is 49.5 cm³/mol. The molecule has 1 heterocycles. The summed E-state index contributed by atoms with van der Waals surface area (Å²) in [5.41, 5.74) is 1.05. The summed E-state index contributed by atoms with van der Waals surface area (Å²) in [5, 5.41) is 12.5. The van der Waals surface area contributed by atoms with E-state index >= 15 is 0 Å². The Bertz CT molecular complexity index is 265. The van der Waals surface area contributed by atoms with Crippen LogP contribution in [-0.4, -0.2) is 16.2 Å². The lowest BCUT2D eigenvalue weighted by atomic mass is 10.2. The SMILES string of the molecule is CC(O)Cc1csc(C2CC2)n1. The molecule has 1 atom stereocenters. The molecule has 1 aromatic heterocycles. The predicted octanol–water partition coefficient (Wildman–Crippen LogP) is 1.94. The van der Waals surface area contributed by atoms with Gasteiger partial charge in [0.1, 0.15) is 0 Å². The number of nitrogens with zero attached hydrogens (tertiary/aromatic N) is 1. The summed E-state index contributed by atoms with van der Waals surface area (Å²) in [6.07, 6.45) is 3.05. The van der Waals surface area contributed by atoms with Gasteiger partial charge in [0.2, 0.25) is 0 Å². The van der Waals surface area contributed by atoms with Crippen LogP contribution in [0.25, 0.3) is 0 Å². The van der Waals surface area contributed by atoms with Crippen LogP contribution in [0.2, 0.25) is 0 Å². The lowest BCUT2D eigenvalue weighted by molar-refractivity contribution is 0.194. The summed E-state index contributed by atoms with van der Waals surface area (Å²) in [6, 6.07) is 0. The number of rotatable bonds is 3. The van der Waals surface area contributed by atoms with Gasteiger partial charge in [0, 0.05) is 17.7 Å². The van der Waals surface area contributed by atoms with E-state index in [1.807, 2.05) is 0 Å². The molecule has 0 aromatic carbocycles. The maximum absolute atomic E-state index is 9.13. The maximum Gasteiger partial charge on any atom is 0.0959 e. The molecule has 2 rings (SSSR count). The largest absolute Gasteiger partial charge is 0.393 e. The molecule has 1 aromatic rings. The molecular formula is C9H13NOS. The van der Waals surface area contributed by atoms with Gasteiger partial charge in [-0.3, -0.25) is 0 Å². The van der Waals surface area contributed by atoms with E-state index in [0.717, 1.165) is 11.6 Å². The summed E-state index contributed by atoms with van der Waals surface area (Å²) in [7, 11) is 0. The standard InChI is InChI=1S/C9H13NOS/c1-6(11)4-8-5-12-9(10-8)7-2-3-7/h5-7,11H,2-4H2,1H3. The zero-order chi connectivity index (χ0) is 8.55. The van der Waals surface area contributed by atoms with E-state index in [4.69, 9.17) is 5.11 Å². The smallest absolute Gasteiger partial charge is 0.0959 e. The Morgan fingerprint density at radius 1 is 1.75 bits per heavy atom. The second-order valence-electron chi connectivity index (χ2n) is 3.50. The zero-order valence-electron chi connectivity index (χ0n) is 7.16. The van der Waals surface area contributed by atoms with Crippen LogP contribution in [0, 0.1) is 0 Å². The highest BCUT2D eigenvalue weighted by atomic mass is 32.1. The monoisotopic (exact) mass is 183 g/mol. The first-order valence-corrected chi connectivity index (χ1v) is 5.26. The Labute approximate surface area is 76.3 Å². The average Bonchev–Trinajstić information content (AvgIpc) is 2.73. The quantitative estimate of drug-likeness (QED) is 0.777. The van der Waals surface area contributed by atoms with Crippen LogP contribution < -0.4 is 0 Å². The summed E-state index contributed by atoms with van der Waals surface area (Å²) in [4.78, 5) is 4.47. The van der Waals surface area contributed by atoms with Crippen LogP contribution in [0.1, 0.15) is 36.4 Å². The second-order valence-corrected chi connectivity index (χ2v) is 4.39. The molecule has 0 aliphatic heterocycles. The number of hydrogen-bond donors (Lipinski definition) is 1. The topological polar surface area (TPSA) is 33.1 Å². The first-order chi connectivity index (χ1) is 5.75. The van der Waals surface area contributed by atoms with E-state index in [-0.39, 0.29) is 6.10 Å². The molecule has 0 spiro atoms. The van der Waals surface area contributed by atoms with Crippen LogP contribution in [0.15, 0.2) is 5.38 Å². The molecule has 66 valence electrons. The molecule has 1 unspecified atom stereocenters. The lowest BCUT2D eigenvalue weighted by Crippen LogP contribution is -2.04. The van der Waals surface area contributed by atoms with Crippen LogP contribution in [0.3, 0.4) is 0 Å². The molecule has 1 aliphatic carbocycles. The van der Waals surface area contributed by atoms with Crippen LogP contribution >= 0.6 is 11.3 Å². The number of aliphatic hydroxyl groups is 1. The summed E-state index contributed by atoms with van der Waals surface area (Å²) in [5.74, 6) is 0.748. The van der Waals surface area contributed by atoms with Crippen molar-refractivity contribution < 1.29 is 5.11 Å². The number of aromatic nitrogens is 1. The molecule has 1 saturated carbocycles. The van der Waals surface area contributed by atoms with Gasteiger partial charge in [-0.2, -0.15) is 0 Å². The van der Waals surface area contributed by atoms with E-state index in [1.54, 1.807) is 18.3 Å². The van der Waals surface area contributed by atoms with Crippen molar-refractivity contribution in [3.05, 3.63) is 16.1 Å². The lowest BCUT2D eigenvalue weighted by Gasteiger charge is -1.98. The van der Waals surface area contributed by atoms with Crippen molar-refractivity contribution in [3.63, 3.8) is 0 Å². The van der Waals surface area contributed by atoms with Gasteiger partial charge in [-0.25, -0.2) is 4.98 Å². The van der Waals surface area contributed by atoms with Gasteiger partial charge in [0.05, 0.1) is 16.8 Å². The normalized spacial score (nSPS) is 19.5. The molecule has 1 N–H and O–H groups in total. The third-order valence-electron chi connectivity index (χ3n) is 2.00. The number of thiazole rings is 1. The maximum atomic E-state index is 9.13. The van der Waals surface area contributed by atoms with Crippen LogP contribution in [0.4, 0.5) is 0 Å². The summed E-state index contributed by atoms with van der Waals surface area (Å²) >= 11 is 1.74. The van der Waals surface area contributed by atoms with Crippen molar-refractivity contribution in [1.29, 1.82) is 0 Å². The number of hydrogen-bond acceptors (Lipinski definition) is 3. The average molecular weight is 183 g/mol. The van der Waals surface area contributed by atoms with Crippen molar-refractivity contribution in [2.75, 3.05) is 0 Å². The minimum atomic E-state index is -0.265. The fourth-order valence-electron chi connectivity index (χ4n) is 1.24. The van der Waals surface area contributed by atoms with Crippen molar-refractivity contribution in [3.8, 4) is 0 Å². The highest BCUT2D eigenvalue weighted by Crippen LogP contribution is 2.41. The molecule has 2 nitrogen and oxygen atoms in total. The Kier molecular flexibility index (Phi) is 2.15. The highest BCUT2D eigenvalue weighted by Gasteiger charge is 2.26. The third kappa shape index (κ3) is 1.84. The summed E-state index contributed by atoms with van der Waals surface area (Å²) in [6.45, 7) is 1.80. The molecule has 1 aliphatic rings. The molecule has 3 heteroatoms. The van der Waals surface area contributed by atoms with E-state index in [9.17, 15) is 0 Å². The fraction of sp³-hybridized carbons (Fsp3) is 0.667. The van der Waals surface area contributed by atoms with Crippen molar-refractivity contribution in [2.45, 2.75) is 38.2 Å². The van der Waals surface area contributed by atoms with Crippen molar-refractivity contribution in [2.24, 2.45) is 0 Å². The number of aliphatic hydroxyl groups excluding tert-OH is 1. The van der Waals surface area contributed by atoms with Gasteiger partial charge < -0.3 is 5.11 Å².